The van der Waals surface area contributed by atoms with Crippen molar-refractivity contribution in [1.82, 2.24) is 10.2 Å². The second-order valence-corrected chi connectivity index (χ2v) is 8.16. The molecular formula is C23H26ClN3O4. The average molecular weight is 444 g/mol. The molecule has 0 bridgehead atoms. The molecule has 3 amide bonds. The Balaban J connectivity index is 1.26. The molecule has 0 atom stereocenters. The van der Waals surface area contributed by atoms with Crippen LogP contribution in [0.2, 0.25) is 5.02 Å². The standard InChI is InChI=1S/C23H26ClN3O4/c24-19-13-16(14-20-22(19)31-12-4-11-30-20)15-21(28)25-18-7-9-27(10-8-18)23(29)26-17-5-2-1-3-6-17/h1-3,5-6,13-14,18H,4,7-12,15H2,(H,25,28)(H,26,29). The van der Waals surface area contributed by atoms with Crippen LogP contribution in [0.4, 0.5) is 10.5 Å². The van der Waals surface area contributed by atoms with E-state index in [1.54, 1.807) is 11.0 Å². The van der Waals surface area contributed by atoms with Gasteiger partial charge in [-0.3, -0.25) is 4.79 Å². The number of ether oxygens (including phenoxy) is 2. The van der Waals surface area contributed by atoms with Crippen LogP contribution in [0, 0.1) is 0 Å². The van der Waals surface area contributed by atoms with Gasteiger partial charge in [-0.2, -0.15) is 0 Å². The third kappa shape index (κ3) is 5.61. The molecule has 0 unspecified atom stereocenters. The zero-order valence-corrected chi connectivity index (χ0v) is 18.0. The molecule has 0 saturated carbocycles. The van der Waals surface area contributed by atoms with Gasteiger partial charge in [-0.15, -0.1) is 0 Å². The Hall–Kier alpha value is -2.93. The molecule has 2 aromatic carbocycles. The first-order chi connectivity index (χ1) is 15.1. The summed E-state index contributed by atoms with van der Waals surface area (Å²) in [6, 6.07) is 12.9. The van der Waals surface area contributed by atoms with Gasteiger partial charge in [-0.25, -0.2) is 4.79 Å². The number of benzene rings is 2. The highest BCUT2D eigenvalue weighted by atomic mass is 35.5. The van der Waals surface area contributed by atoms with Crippen LogP contribution in [0.3, 0.4) is 0 Å². The molecule has 31 heavy (non-hydrogen) atoms. The SMILES string of the molecule is O=C(Cc1cc(Cl)c2c(c1)OCCCO2)NC1CCN(C(=O)Nc2ccccc2)CC1. The van der Waals surface area contributed by atoms with Crippen LogP contribution in [0.25, 0.3) is 0 Å². The van der Waals surface area contributed by atoms with Crippen LogP contribution in [0.1, 0.15) is 24.8 Å². The van der Waals surface area contributed by atoms with E-state index in [-0.39, 0.29) is 24.4 Å². The van der Waals surface area contributed by atoms with Gasteiger partial charge < -0.3 is 25.0 Å². The Morgan fingerprint density at radius 1 is 1.06 bits per heavy atom. The zero-order chi connectivity index (χ0) is 21.6. The molecule has 2 aliphatic rings. The van der Waals surface area contributed by atoms with Crippen LogP contribution < -0.4 is 20.1 Å². The molecule has 2 aromatic rings. The summed E-state index contributed by atoms with van der Waals surface area (Å²) in [5.41, 5.74) is 1.56. The molecule has 0 aliphatic carbocycles. The summed E-state index contributed by atoms with van der Waals surface area (Å²) in [6.45, 7) is 2.32. The molecule has 1 saturated heterocycles. The number of hydrogen-bond donors (Lipinski definition) is 2. The summed E-state index contributed by atoms with van der Waals surface area (Å²) in [5.74, 6) is 1.06. The lowest BCUT2D eigenvalue weighted by Gasteiger charge is -2.32. The van der Waals surface area contributed by atoms with E-state index in [4.69, 9.17) is 21.1 Å². The highest BCUT2D eigenvalue weighted by Crippen LogP contribution is 2.38. The fourth-order valence-electron chi connectivity index (χ4n) is 3.80. The first kappa shape index (κ1) is 21.3. The predicted octanol–water partition coefficient (Wildman–Crippen LogP) is 3.86. The Bertz CT molecular complexity index is 930. The predicted molar refractivity (Wildman–Crippen MR) is 119 cm³/mol. The van der Waals surface area contributed by atoms with E-state index < -0.39 is 0 Å². The van der Waals surface area contributed by atoms with E-state index in [0.717, 1.165) is 30.5 Å². The van der Waals surface area contributed by atoms with Gasteiger partial charge in [0.25, 0.3) is 0 Å². The maximum atomic E-state index is 12.6. The third-order valence-corrected chi connectivity index (χ3v) is 5.68. The van der Waals surface area contributed by atoms with Gasteiger partial charge in [0, 0.05) is 31.2 Å². The van der Waals surface area contributed by atoms with Crippen molar-refractivity contribution in [1.29, 1.82) is 0 Å². The maximum absolute atomic E-state index is 12.6. The fourth-order valence-corrected chi connectivity index (χ4v) is 4.09. The number of nitrogens with one attached hydrogen (secondary N) is 2. The van der Waals surface area contributed by atoms with E-state index in [2.05, 4.69) is 10.6 Å². The molecule has 2 N–H and O–H groups in total. The Labute approximate surface area is 186 Å². The number of carbonyl (C=O) groups is 2. The van der Waals surface area contributed by atoms with Gasteiger partial charge in [0.1, 0.15) is 0 Å². The van der Waals surface area contributed by atoms with Crippen molar-refractivity contribution in [2.24, 2.45) is 0 Å². The van der Waals surface area contributed by atoms with Crippen LogP contribution in [-0.4, -0.2) is 49.2 Å². The third-order valence-electron chi connectivity index (χ3n) is 5.40. The number of para-hydroxylation sites is 1. The number of hydrogen-bond acceptors (Lipinski definition) is 4. The lowest BCUT2D eigenvalue weighted by atomic mass is 10.0. The summed E-state index contributed by atoms with van der Waals surface area (Å²) in [5, 5.41) is 6.43. The second kappa shape index (κ2) is 9.92. The number of carbonyl (C=O) groups excluding carboxylic acids is 2. The number of anilines is 1. The molecule has 2 heterocycles. The lowest BCUT2D eigenvalue weighted by molar-refractivity contribution is -0.121. The minimum absolute atomic E-state index is 0.0455. The largest absolute Gasteiger partial charge is 0.489 e. The van der Waals surface area contributed by atoms with Gasteiger partial charge in [0.15, 0.2) is 11.5 Å². The molecule has 4 rings (SSSR count). The molecule has 2 aliphatic heterocycles. The summed E-state index contributed by atoms with van der Waals surface area (Å²) in [4.78, 5) is 26.7. The maximum Gasteiger partial charge on any atom is 0.321 e. The van der Waals surface area contributed by atoms with E-state index in [1.165, 1.54) is 0 Å². The average Bonchev–Trinajstić information content (AvgIpc) is 3.01. The summed E-state index contributed by atoms with van der Waals surface area (Å²) < 4.78 is 11.3. The smallest absolute Gasteiger partial charge is 0.321 e. The number of nitrogens with zero attached hydrogens (tertiary/aromatic N) is 1. The van der Waals surface area contributed by atoms with Crippen LogP contribution in [0.15, 0.2) is 42.5 Å². The van der Waals surface area contributed by atoms with Crippen molar-refractivity contribution in [3.63, 3.8) is 0 Å². The van der Waals surface area contributed by atoms with Gasteiger partial charge in [-0.05, 0) is 42.7 Å². The molecular weight excluding hydrogens is 418 g/mol. The van der Waals surface area contributed by atoms with Crippen molar-refractivity contribution < 1.29 is 19.1 Å². The van der Waals surface area contributed by atoms with Crippen molar-refractivity contribution in [2.75, 3.05) is 31.6 Å². The number of amides is 3. The Morgan fingerprint density at radius 3 is 2.58 bits per heavy atom. The van der Waals surface area contributed by atoms with Gasteiger partial charge in [0.05, 0.1) is 24.7 Å². The van der Waals surface area contributed by atoms with Crippen molar-refractivity contribution >= 4 is 29.2 Å². The number of piperidine rings is 1. The Morgan fingerprint density at radius 2 is 1.81 bits per heavy atom. The van der Waals surface area contributed by atoms with Gasteiger partial charge >= 0.3 is 6.03 Å². The normalized spacial score (nSPS) is 16.4. The molecule has 7 nitrogen and oxygen atoms in total. The monoisotopic (exact) mass is 443 g/mol. The molecule has 0 spiro atoms. The molecule has 1 fully saturated rings. The lowest BCUT2D eigenvalue weighted by Crippen LogP contribution is -2.48. The van der Waals surface area contributed by atoms with Gasteiger partial charge in [-0.1, -0.05) is 29.8 Å². The Kier molecular flexibility index (Phi) is 6.82. The second-order valence-electron chi connectivity index (χ2n) is 7.76. The fraction of sp³-hybridized carbons (Fsp3) is 0.391. The number of likely N-dealkylation sites (tertiary alicyclic amines) is 1. The zero-order valence-electron chi connectivity index (χ0n) is 17.2. The summed E-state index contributed by atoms with van der Waals surface area (Å²) in [6.07, 6.45) is 2.44. The quantitative estimate of drug-likeness (QED) is 0.752. The number of urea groups is 1. The highest BCUT2D eigenvalue weighted by Gasteiger charge is 2.24. The summed E-state index contributed by atoms with van der Waals surface area (Å²) >= 11 is 6.32. The molecule has 8 heteroatoms. The van der Waals surface area contributed by atoms with Crippen LogP contribution in [0.5, 0.6) is 11.5 Å². The van der Waals surface area contributed by atoms with Crippen molar-refractivity contribution in [3.8, 4) is 11.5 Å². The number of rotatable bonds is 4. The molecule has 0 aromatic heterocycles. The topological polar surface area (TPSA) is 79.9 Å². The number of fused-ring (bicyclic) bond motifs is 1. The van der Waals surface area contributed by atoms with E-state index in [0.29, 0.717) is 42.8 Å². The van der Waals surface area contributed by atoms with Crippen molar-refractivity contribution in [2.45, 2.75) is 31.7 Å². The number of halogens is 1. The van der Waals surface area contributed by atoms with Crippen LogP contribution >= 0.6 is 11.6 Å². The molecule has 164 valence electrons. The molecule has 0 radical (unpaired) electrons. The first-order valence-electron chi connectivity index (χ1n) is 10.6. The first-order valence-corrected chi connectivity index (χ1v) is 10.9. The summed E-state index contributed by atoms with van der Waals surface area (Å²) in [7, 11) is 0. The van der Waals surface area contributed by atoms with Gasteiger partial charge in [0.2, 0.25) is 5.91 Å². The minimum atomic E-state index is -0.113. The minimum Gasteiger partial charge on any atom is -0.489 e. The highest BCUT2D eigenvalue weighted by molar-refractivity contribution is 6.32. The van der Waals surface area contributed by atoms with E-state index >= 15 is 0 Å². The van der Waals surface area contributed by atoms with Crippen molar-refractivity contribution in [3.05, 3.63) is 53.1 Å². The van der Waals surface area contributed by atoms with Crippen LogP contribution in [-0.2, 0) is 11.2 Å². The van der Waals surface area contributed by atoms with E-state index in [9.17, 15) is 9.59 Å². The van der Waals surface area contributed by atoms with E-state index in [1.807, 2.05) is 36.4 Å².